The molecule has 0 saturated heterocycles. The summed E-state index contributed by atoms with van der Waals surface area (Å²) in [6.45, 7) is 7.34. The Labute approximate surface area is 154 Å². The lowest BCUT2D eigenvalue weighted by Crippen LogP contribution is -2.44. The second-order valence-corrected chi connectivity index (χ2v) is 6.05. The number of nitrogens with one attached hydrogen (secondary N) is 1. The number of nitriles is 1. The number of likely N-dealkylation sites (N-methyl/N-ethyl adjacent to an activating group) is 2. The summed E-state index contributed by atoms with van der Waals surface area (Å²) in [6, 6.07) is 7.41. The van der Waals surface area contributed by atoms with Crippen molar-refractivity contribution in [3.8, 4) is 6.07 Å². The van der Waals surface area contributed by atoms with E-state index in [0.29, 0.717) is 30.3 Å². The number of nitrogens with zero attached hydrogens (tertiary/aromatic N) is 3. The number of rotatable bonds is 9. The van der Waals surface area contributed by atoms with Crippen LogP contribution in [-0.4, -0.2) is 49.4 Å². The van der Waals surface area contributed by atoms with Gasteiger partial charge in [-0.1, -0.05) is 18.5 Å². The summed E-state index contributed by atoms with van der Waals surface area (Å²) in [4.78, 5) is 27.9. The second kappa shape index (κ2) is 10.7. The van der Waals surface area contributed by atoms with Crippen LogP contribution in [0.3, 0.4) is 0 Å². The van der Waals surface area contributed by atoms with Gasteiger partial charge in [0.1, 0.15) is 0 Å². The lowest BCUT2D eigenvalue weighted by molar-refractivity contribution is -0.123. The molecule has 1 N–H and O–H groups in total. The lowest BCUT2D eigenvalue weighted by Gasteiger charge is -2.26. The largest absolute Gasteiger partial charge is 0.355 e. The van der Waals surface area contributed by atoms with Crippen molar-refractivity contribution >= 4 is 29.1 Å². The lowest BCUT2D eigenvalue weighted by atomic mass is 10.2. The van der Waals surface area contributed by atoms with Crippen LogP contribution in [0.4, 0.5) is 5.69 Å². The molecule has 2 amide bonds. The molecule has 0 aromatic heterocycles. The monoisotopic (exact) mass is 364 g/mol. The van der Waals surface area contributed by atoms with Crippen molar-refractivity contribution in [1.82, 2.24) is 10.2 Å². The van der Waals surface area contributed by atoms with Gasteiger partial charge in [0.2, 0.25) is 11.8 Å². The molecule has 0 fully saturated rings. The van der Waals surface area contributed by atoms with E-state index in [1.54, 1.807) is 21.9 Å². The molecule has 0 spiro atoms. The molecule has 1 aromatic rings. The minimum Gasteiger partial charge on any atom is -0.355 e. The van der Waals surface area contributed by atoms with E-state index in [1.165, 1.54) is 0 Å². The maximum absolute atomic E-state index is 12.8. The number of anilines is 1. The van der Waals surface area contributed by atoms with Crippen molar-refractivity contribution < 1.29 is 9.59 Å². The first-order valence-corrected chi connectivity index (χ1v) is 8.73. The van der Waals surface area contributed by atoms with Gasteiger partial charge in [-0.25, -0.2) is 0 Å². The van der Waals surface area contributed by atoms with Crippen LogP contribution in [0.15, 0.2) is 18.2 Å². The summed E-state index contributed by atoms with van der Waals surface area (Å²) in [7, 11) is 0. The normalized spacial score (nSPS) is 10.4. The summed E-state index contributed by atoms with van der Waals surface area (Å²) < 4.78 is 0. The minimum atomic E-state index is -0.150. The van der Waals surface area contributed by atoms with Crippen molar-refractivity contribution in [3.05, 3.63) is 28.8 Å². The Morgan fingerprint density at radius 1 is 1.28 bits per heavy atom. The third-order valence-corrected chi connectivity index (χ3v) is 4.17. The van der Waals surface area contributed by atoms with Gasteiger partial charge in [0.05, 0.1) is 25.6 Å². The molecule has 1 rings (SSSR count). The Kier molecular flexibility index (Phi) is 8.96. The minimum absolute atomic E-state index is 0.108. The molecule has 0 unspecified atom stereocenters. The van der Waals surface area contributed by atoms with Crippen molar-refractivity contribution in [2.45, 2.75) is 27.2 Å². The Morgan fingerprint density at radius 3 is 2.56 bits per heavy atom. The predicted molar refractivity (Wildman–Crippen MR) is 99.6 cm³/mol. The van der Waals surface area contributed by atoms with Gasteiger partial charge in [-0.05, 0) is 44.2 Å². The molecule has 0 bridgehead atoms. The maximum Gasteiger partial charge on any atom is 0.241 e. The van der Waals surface area contributed by atoms with Gasteiger partial charge < -0.3 is 10.2 Å². The number of hydrogen-bond donors (Lipinski definition) is 1. The van der Waals surface area contributed by atoms with Gasteiger partial charge in [0, 0.05) is 23.8 Å². The molecule has 0 radical (unpaired) electrons. The number of halogens is 1. The van der Waals surface area contributed by atoms with Crippen LogP contribution >= 0.6 is 11.6 Å². The molecule has 0 aliphatic heterocycles. The first-order chi connectivity index (χ1) is 11.9. The SMILES string of the molecule is CCNC(=O)CN(CC)CC(=O)N(CCC#N)c1ccc(Cl)c(C)c1. The molecule has 0 saturated carbocycles. The Bertz CT molecular complexity index is 642. The molecule has 136 valence electrons. The average molecular weight is 365 g/mol. The van der Waals surface area contributed by atoms with Crippen LogP contribution in [0.5, 0.6) is 0 Å². The zero-order chi connectivity index (χ0) is 18.8. The van der Waals surface area contributed by atoms with Gasteiger partial charge in [-0.2, -0.15) is 5.26 Å². The molecule has 1 aromatic carbocycles. The zero-order valence-electron chi connectivity index (χ0n) is 15.0. The van der Waals surface area contributed by atoms with E-state index in [0.717, 1.165) is 5.56 Å². The van der Waals surface area contributed by atoms with Crippen LogP contribution < -0.4 is 10.2 Å². The second-order valence-electron chi connectivity index (χ2n) is 5.64. The molecule has 0 atom stereocenters. The van der Waals surface area contributed by atoms with Gasteiger partial charge in [0.15, 0.2) is 0 Å². The van der Waals surface area contributed by atoms with Gasteiger partial charge >= 0.3 is 0 Å². The number of amides is 2. The van der Waals surface area contributed by atoms with E-state index >= 15 is 0 Å². The van der Waals surface area contributed by atoms with Crippen LogP contribution in [0, 0.1) is 18.3 Å². The summed E-state index contributed by atoms with van der Waals surface area (Å²) in [5, 5.41) is 12.2. The van der Waals surface area contributed by atoms with Crippen molar-refractivity contribution in [2.75, 3.05) is 37.6 Å². The summed E-state index contributed by atoms with van der Waals surface area (Å²) in [5.41, 5.74) is 1.57. The van der Waals surface area contributed by atoms with E-state index in [1.807, 2.05) is 26.8 Å². The summed E-state index contributed by atoms with van der Waals surface area (Å²) in [6.07, 6.45) is 0.232. The number of aryl methyl sites for hydroxylation is 1. The Morgan fingerprint density at radius 2 is 2.00 bits per heavy atom. The average Bonchev–Trinajstić information content (AvgIpc) is 2.57. The third-order valence-electron chi connectivity index (χ3n) is 3.75. The first-order valence-electron chi connectivity index (χ1n) is 8.35. The third kappa shape index (κ3) is 6.73. The molecular formula is C18H25ClN4O2. The fraction of sp³-hybridized carbons (Fsp3) is 0.500. The van der Waals surface area contributed by atoms with Crippen LogP contribution in [-0.2, 0) is 9.59 Å². The topological polar surface area (TPSA) is 76.4 Å². The molecule has 6 nitrogen and oxygen atoms in total. The van der Waals surface area contributed by atoms with Gasteiger partial charge in [-0.3, -0.25) is 14.5 Å². The van der Waals surface area contributed by atoms with Crippen molar-refractivity contribution in [2.24, 2.45) is 0 Å². The molecule has 25 heavy (non-hydrogen) atoms. The van der Waals surface area contributed by atoms with Crippen molar-refractivity contribution in [1.29, 1.82) is 5.26 Å². The molecular weight excluding hydrogens is 340 g/mol. The van der Waals surface area contributed by atoms with E-state index in [4.69, 9.17) is 16.9 Å². The molecule has 0 aliphatic carbocycles. The number of hydrogen-bond acceptors (Lipinski definition) is 4. The van der Waals surface area contributed by atoms with Crippen LogP contribution in [0.1, 0.15) is 25.8 Å². The summed E-state index contributed by atoms with van der Waals surface area (Å²) >= 11 is 6.05. The number of benzene rings is 1. The fourth-order valence-electron chi connectivity index (χ4n) is 2.37. The van der Waals surface area contributed by atoms with Gasteiger partial charge in [-0.15, -0.1) is 0 Å². The highest BCUT2D eigenvalue weighted by Gasteiger charge is 2.20. The number of carbonyl (C=O) groups excluding carboxylic acids is 2. The molecule has 0 aliphatic rings. The highest BCUT2D eigenvalue weighted by molar-refractivity contribution is 6.31. The van der Waals surface area contributed by atoms with Crippen molar-refractivity contribution in [3.63, 3.8) is 0 Å². The maximum atomic E-state index is 12.8. The van der Waals surface area contributed by atoms with E-state index < -0.39 is 0 Å². The molecule has 7 heteroatoms. The smallest absolute Gasteiger partial charge is 0.241 e. The highest BCUT2D eigenvalue weighted by Crippen LogP contribution is 2.23. The van der Waals surface area contributed by atoms with Crippen LogP contribution in [0.2, 0.25) is 5.02 Å². The van der Waals surface area contributed by atoms with Gasteiger partial charge in [0.25, 0.3) is 0 Å². The fourth-order valence-corrected chi connectivity index (χ4v) is 2.49. The van der Waals surface area contributed by atoms with Crippen LogP contribution in [0.25, 0.3) is 0 Å². The zero-order valence-corrected chi connectivity index (χ0v) is 15.8. The molecule has 0 heterocycles. The number of carbonyl (C=O) groups is 2. The first kappa shape index (κ1) is 20.9. The standard InChI is InChI=1S/C18H25ClN4O2/c1-4-21-17(24)12-22(5-2)13-18(25)23(10-6-9-20)15-7-8-16(19)14(3)11-15/h7-8,11H,4-6,10,12-13H2,1-3H3,(H,21,24). The predicted octanol–water partition coefficient (Wildman–Crippen LogP) is 2.35. The Balaban J connectivity index is 2.90. The van der Waals surface area contributed by atoms with E-state index in [2.05, 4.69) is 11.4 Å². The highest BCUT2D eigenvalue weighted by atomic mass is 35.5. The summed E-state index contributed by atoms with van der Waals surface area (Å²) in [5.74, 6) is -0.258. The Hall–Kier alpha value is -2.10. The van der Waals surface area contributed by atoms with E-state index in [9.17, 15) is 9.59 Å². The van der Waals surface area contributed by atoms with E-state index in [-0.39, 0.29) is 31.3 Å². The quantitative estimate of drug-likeness (QED) is 0.729.